The Hall–Kier alpha value is -2.80. The minimum atomic E-state index is -0.975. The summed E-state index contributed by atoms with van der Waals surface area (Å²) in [7, 11) is 1.63. The van der Waals surface area contributed by atoms with Gasteiger partial charge in [0.05, 0.1) is 13.7 Å². The minimum Gasteiger partial charge on any atom is -0.497 e. The van der Waals surface area contributed by atoms with Gasteiger partial charge in [0.15, 0.2) is 0 Å². The summed E-state index contributed by atoms with van der Waals surface area (Å²) in [5.74, 6) is 0.609. The molecule has 0 bridgehead atoms. The lowest BCUT2D eigenvalue weighted by atomic mass is 9.91. The van der Waals surface area contributed by atoms with Crippen LogP contribution in [0.4, 0.5) is 0 Å². The molecule has 5 rings (SSSR count). The molecule has 2 amide bonds. The van der Waals surface area contributed by atoms with Gasteiger partial charge < -0.3 is 19.5 Å². The second-order valence-corrected chi connectivity index (χ2v) is 10.0. The molecule has 0 spiro atoms. The van der Waals surface area contributed by atoms with E-state index in [1.807, 2.05) is 53.3 Å². The Morgan fingerprint density at radius 1 is 1.19 bits per heavy atom. The number of rotatable bonds is 5. The van der Waals surface area contributed by atoms with Crippen LogP contribution in [-0.4, -0.2) is 40.0 Å². The number of carbonyl (C=O) groups is 2. The zero-order chi connectivity index (χ0) is 22.3. The van der Waals surface area contributed by atoms with Crippen LogP contribution in [0.5, 0.6) is 5.75 Å². The molecule has 1 saturated carbocycles. The predicted octanol–water partition coefficient (Wildman–Crippen LogP) is 4.58. The van der Waals surface area contributed by atoms with Gasteiger partial charge in [0, 0.05) is 18.0 Å². The Bertz CT molecular complexity index is 1140. The maximum absolute atomic E-state index is 13.7. The molecule has 1 aliphatic heterocycles. The van der Waals surface area contributed by atoms with Crippen LogP contribution in [0.25, 0.3) is 10.2 Å². The van der Waals surface area contributed by atoms with Crippen molar-refractivity contribution in [2.24, 2.45) is 0 Å². The van der Waals surface area contributed by atoms with Crippen LogP contribution in [0.3, 0.4) is 0 Å². The first-order chi connectivity index (χ1) is 15.5. The smallest absolute Gasteiger partial charge is 0.271 e. The number of nitrogens with zero attached hydrogens (tertiary/aromatic N) is 2. The summed E-state index contributed by atoms with van der Waals surface area (Å²) in [6.07, 6.45) is 5.55. The number of benzene rings is 1. The maximum Gasteiger partial charge on any atom is 0.271 e. The first kappa shape index (κ1) is 21.1. The van der Waals surface area contributed by atoms with Gasteiger partial charge in [0.25, 0.3) is 5.91 Å². The van der Waals surface area contributed by atoms with E-state index >= 15 is 0 Å². The van der Waals surface area contributed by atoms with Gasteiger partial charge in [-0.3, -0.25) is 9.59 Å². The van der Waals surface area contributed by atoms with Crippen molar-refractivity contribution in [3.05, 3.63) is 53.0 Å². The molecule has 1 aliphatic carbocycles. The molecule has 2 aliphatic rings. The average Bonchev–Trinajstić information content (AvgIpc) is 3.40. The van der Waals surface area contributed by atoms with Crippen molar-refractivity contribution in [1.82, 2.24) is 14.8 Å². The number of thiophene rings is 1. The molecule has 168 valence electrons. The highest BCUT2D eigenvalue weighted by Crippen LogP contribution is 2.36. The zero-order valence-corrected chi connectivity index (χ0v) is 19.4. The molecule has 32 heavy (non-hydrogen) atoms. The largest absolute Gasteiger partial charge is 0.497 e. The molecule has 1 aromatic carbocycles. The van der Waals surface area contributed by atoms with Crippen LogP contribution in [0.1, 0.15) is 55.1 Å². The predicted molar refractivity (Wildman–Crippen MR) is 126 cm³/mol. The fraction of sp³-hybridized carbons (Fsp3) is 0.440. The van der Waals surface area contributed by atoms with Crippen LogP contribution >= 0.6 is 11.3 Å². The number of ether oxygens (including phenoxy) is 1. The Labute approximate surface area is 192 Å². The number of amides is 2. The fourth-order valence-corrected chi connectivity index (χ4v) is 5.90. The number of hydrogen-bond donors (Lipinski definition) is 1. The number of carbonyl (C=O) groups excluding carboxylic acids is 2. The molecule has 1 atom stereocenters. The monoisotopic (exact) mass is 451 g/mol. The Morgan fingerprint density at radius 3 is 2.66 bits per heavy atom. The van der Waals surface area contributed by atoms with Crippen molar-refractivity contribution in [1.29, 1.82) is 0 Å². The third-order valence-corrected chi connectivity index (χ3v) is 7.91. The van der Waals surface area contributed by atoms with E-state index in [0.29, 0.717) is 18.8 Å². The van der Waals surface area contributed by atoms with Crippen LogP contribution in [0.2, 0.25) is 0 Å². The van der Waals surface area contributed by atoms with Gasteiger partial charge in [-0.05, 0) is 55.0 Å². The molecule has 3 aromatic rings. The van der Waals surface area contributed by atoms with E-state index in [-0.39, 0.29) is 17.9 Å². The zero-order valence-electron chi connectivity index (χ0n) is 18.6. The van der Waals surface area contributed by atoms with Crippen LogP contribution in [-0.2, 0) is 17.9 Å². The van der Waals surface area contributed by atoms with Crippen molar-refractivity contribution < 1.29 is 14.3 Å². The second-order valence-electron chi connectivity index (χ2n) is 9.12. The Balaban J connectivity index is 1.51. The van der Waals surface area contributed by atoms with Crippen LogP contribution in [0, 0.1) is 0 Å². The maximum atomic E-state index is 13.7. The molecule has 2 aromatic heterocycles. The van der Waals surface area contributed by atoms with Gasteiger partial charge in [-0.15, -0.1) is 11.3 Å². The van der Waals surface area contributed by atoms with Crippen molar-refractivity contribution >= 4 is 33.4 Å². The number of hydrogen-bond acceptors (Lipinski definition) is 4. The Morgan fingerprint density at radius 2 is 1.94 bits per heavy atom. The molecule has 1 N–H and O–H groups in total. The van der Waals surface area contributed by atoms with Gasteiger partial charge in [0.2, 0.25) is 5.91 Å². The number of fused-ring (bicyclic) bond motifs is 3. The van der Waals surface area contributed by atoms with E-state index in [1.165, 1.54) is 6.42 Å². The van der Waals surface area contributed by atoms with Gasteiger partial charge >= 0.3 is 0 Å². The van der Waals surface area contributed by atoms with Gasteiger partial charge in [-0.1, -0.05) is 31.4 Å². The van der Waals surface area contributed by atoms with E-state index in [4.69, 9.17) is 4.74 Å². The second kappa shape index (κ2) is 8.28. The summed E-state index contributed by atoms with van der Waals surface area (Å²) in [5, 5.41) is 6.37. The normalized spacial score (nSPS) is 21.6. The lowest BCUT2D eigenvalue weighted by molar-refractivity contribution is -0.134. The molecule has 0 radical (unpaired) electrons. The highest BCUT2D eigenvalue weighted by molar-refractivity contribution is 7.16. The van der Waals surface area contributed by atoms with E-state index in [9.17, 15) is 9.59 Å². The first-order valence-corrected chi connectivity index (χ1v) is 12.2. The molecule has 1 fully saturated rings. The van der Waals surface area contributed by atoms with E-state index in [1.54, 1.807) is 23.3 Å². The fourth-order valence-electron chi connectivity index (χ4n) is 5.01. The number of aromatic nitrogens is 1. The Kier molecular flexibility index (Phi) is 5.45. The molecule has 3 heterocycles. The number of methoxy groups -OCH3 is 1. The highest BCUT2D eigenvalue weighted by atomic mass is 32.1. The van der Waals surface area contributed by atoms with Crippen molar-refractivity contribution in [3.63, 3.8) is 0 Å². The van der Waals surface area contributed by atoms with Crippen LogP contribution < -0.4 is 10.1 Å². The minimum absolute atomic E-state index is 0.0599. The van der Waals surface area contributed by atoms with Crippen molar-refractivity contribution in [3.8, 4) is 5.75 Å². The summed E-state index contributed by atoms with van der Waals surface area (Å²) in [6, 6.07) is 11.9. The topological polar surface area (TPSA) is 63.6 Å². The summed E-state index contributed by atoms with van der Waals surface area (Å²) in [5.41, 5.74) is 0.651. The van der Waals surface area contributed by atoms with Crippen molar-refractivity contribution in [2.75, 3.05) is 7.11 Å². The van der Waals surface area contributed by atoms with E-state index < -0.39 is 5.54 Å². The molecule has 0 saturated heterocycles. The van der Waals surface area contributed by atoms with E-state index in [0.717, 1.165) is 47.2 Å². The molecule has 0 unspecified atom stereocenters. The van der Waals surface area contributed by atoms with Gasteiger partial charge in [-0.2, -0.15) is 0 Å². The summed E-state index contributed by atoms with van der Waals surface area (Å²) in [6.45, 7) is 2.73. The molecule has 7 heteroatoms. The summed E-state index contributed by atoms with van der Waals surface area (Å²) < 4.78 is 7.30. The van der Waals surface area contributed by atoms with Gasteiger partial charge in [0.1, 0.15) is 21.8 Å². The quantitative estimate of drug-likeness (QED) is 0.618. The third kappa shape index (κ3) is 3.58. The summed E-state index contributed by atoms with van der Waals surface area (Å²) >= 11 is 1.61. The standard InChI is InChI=1S/C25H29N3O3S/c1-25(24(30)26-19-6-4-3-5-7-19)16-27-21(14-18-12-13-32-23(18)27)22(29)28(25)15-17-8-10-20(31-2)11-9-17/h8-14,19H,3-7,15-16H2,1-2H3,(H,26,30)/t25-/m0/s1. The number of nitrogens with one attached hydrogen (secondary N) is 1. The molecular formula is C25H29N3O3S. The SMILES string of the molecule is COc1ccc(CN2C(=O)c3cc4ccsc4n3C[C@@]2(C)C(=O)NC2CCCCC2)cc1. The van der Waals surface area contributed by atoms with Crippen molar-refractivity contribution in [2.45, 2.75) is 63.7 Å². The van der Waals surface area contributed by atoms with Crippen LogP contribution in [0.15, 0.2) is 41.8 Å². The third-order valence-electron chi connectivity index (χ3n) is 6.96. The lowest BCUT2D eigenvalue weighted by Gasteiger charge is -2.44. The summed E-state index contributed by atoms with van der Waals surface area (Å²) in [4.78, 5) is 30.2. The van der Waals surface area contributed by atoms with E-state index in [2.05, 4.69) is 5.32 Å². The highest BCUT2D eigenvalue weighted by Gasteiger charge is 2.48. The molecular weight excluding hydrogens is 422 g/mol. The first-order valence-electron chi connectivity index (χ1n) is 11.3. The average molecular weight is 452 g/mol. The van der Waals surface area contributed by atoms with Gasteiger partial charge in [-0.25, -0.2) is 0 Å². The molecule has 6 nitrogen and oxygen atoms in total. The lowest BCUT2D eigenvalue weighted by Crippen LogP contribution is -2.64.